The van der Waals surface area contributed by atoms with E-state index in [4.69, 9.17) is 21.1 Å². The van der Waals surface area contributed by atoms with Gasteiger partial charge in [0.1, 0.15) is 0 Å². The quantitative estimate of drug-likeness (QED) is 0.712. The van der Waals surface area contributed by atoms with Gasteiger partial charge in [0.25, 0.3) is 5.56 Å². The minimum atomic E-state index is -0.226. The fourth-order valence-corrected chi connectivity index (χ4v) is 3.31. The summed E-state index contributed by atoms with van der Waals surface area (Å²) in [7, 11) is 3.15. The van der Waals surface area contributed by atoms with Gasteiger partial charge < -0.3 is 9.47 Å². The second kappa shape index (κ2) is 6.62. The van der Waals surface area contributed by atoms with Gasteiger partial charge in [-0.1, -0.05) is 29.0 Å². The largest absolute Gasteiger partial charge is 0.493 e. The van der Waals surface area contributed by atoms with Crippen molar-refractivity contribution in [2.75, 3.05) is 14.2 Å². The number of aromatic nitrogens is 3. The predicted molar refractivity (Wildman–Crippen MR) is 95.1 cm³/mol. The van der Waals surface area contributed by atoms with Gasteiger partial charge in [0.05, 0.1) is 19.3 Å². The second-order valence-corrected chi connectivity index (χ2v) is 6.31. The van der Waals surface area contributed by atoms with Crippen molar-refractivity contribution in [2.45, 2.75) is 6.92 Å². The minimum Gasteiger partial charge on any atom is -0.493 e. The van der Waals surface area contributed by atoms with Crippen molar-refractivity contribution in [1.82, 2.24) is 14.6 Å². The van der Waals surface area contributed by atoms with Crippen molar-refractivity contribution in [3.63, 3.8) is 0 Å². The van der Waals surface area contributed by atoms with E-state index in [1.807, 2.05) is 12.1 Å². The van der Waals surface area contributed by atoms with E-state index in [2.05, 4.69) is 10.1 Å². The summed E-state index contributed by atoms with van der Waals surface area (Å²) in [6.45, 7) is 1.77. The fourth-order valence-electron chi connectivity index (χ4n) is 2.17. The molecule has 0 radical (unpaired) electrons. The van der Waals surface area contributed by atoms with E-state index in [0.717, 1.165) is 5.56 Å². The van der Waals surface area contributed by atoms with E-state index < -0.39 is 0 Å². The summed E-state index contributed by atoms with van der Waals surface area (Å²) in [5.41, 5.74) is 1.25. The van der Waals surface area contributed by atoms with Crippen LogP contribution >= 0.6 is 22.9 Å². The Balaban J connectivity index is 2.02. The van der Waals surface area contributed by atoms with Gasteiger partial charge in [-0.15, -0.1) is 0 Å². The number of fused-ring (bicyclic) bond motifs is 1. The summed E-state index contributed by atoms with van der Waals surface area (Å²) in [6.07, 6.45) is 1.75. The van der Waals surface area contributed by atoms with Crippen molar-refractivity contribution >= 4 is 39.0 Å². The fraction of sp³-hybridized carbons (Fsp3) is 0.188. The molecule has 0 unspecified atom stereocenters. The first-order chi connectivity index (χ1) is 11.5. The smallest absolute Gasteiger partial charge is 0.275 e. The average molecular weight is 364 g/mol. The normalized spacial score (nSPS) is 11.8. The van der Waals surface area contributed by atoms with Crippen molar-refractivity contribution < 1.29 is 9.47 Å². The van der Waals surface area contributed by atoms with Crippen LogP contribution < -0.4 is 15.0 Å². The molecule has 0 aliphatic rings. The third-order valence-corrected chi connectivity index (χ3v) is 4.62. The molecule has 0 amide bonds. The maximum atomic E-state index is 11.9. The molecule has 124 valence electrons. The lowest BCUT2D eigenvalue weighted by Gasteiger charge is -2.07. The number of hydrogen-bond acceptors (Lipinski definition) is 6. The number of methoxy groups -OCH3 is 2. The monoisotopic (exact) mass is 363 g/mol. The number of nitrogens with zero attached hydrogens (tertiary/aromatic N) is 3. The molecule has 0 aliphatic carbocycles. The van der Waals surface area contributed by atoms with Gasteiger partial charge >= 0.3 is 0 Å². The van der Waals surface area contributed by atoms with Crippen LogP contribution in [0.5, 0.6) is 11.5 Å². The van der Waals surface area contributed by atoms with E-state index in [1.165, 1.54) is 21.9 Å². The highest BCUT2D eigenvalue weighted by atomic mass is 35.5. The van der Waals surface area contributed by atoms with Crippen LogP contribution in [0.1, 0.15) is 16.3 Å². The topological polar surface area (TPSA) is 65.7 Å². The molecular weight excluding hydrogens is 350 g/mol. The Morgan fingerprint density at radius 1 is 1.25 bits per heavy atom. The zero-order chi connectivity index (χ0) is 17.3. The third kappa shape index (κ3) is 3.13. The molecule has 2 heterocycles. The van der Waals surface area contributed by atoms with Crippen LogP contribution in [0.2, 0.25) is 0 Å². The molecule has 0 saturated carbocycles. The standard InChI is InChI=1S/C16H14ClN3O3S/c1-9-6-14(21)20-16(18-9)24-15(19-20)11(17)7-10-4-5-12(22-2)13(8-10)23-3/h4-8H,1-3H3/b11-7-. The summed E-state index contributed by atoms with van der Waals surface area (Å²) < 4.78 is 11.7. The van der Waals surface area contributed by atoms with Crippen LogP contribution in [-0.4, -0.2) is 28.8 Å². The Kier molecular flexibility index (Phi) is 4.55. The molecule has 24 heavy (non-hydrogen) atoms. The van der Waals surface area contributed by atoms with Gasteiger partial charge in [0, 0.05) is 11.8 Å². The lowest BCUT2D eigenvalue weighted by Crippen LogP contribution is -2.14. The summed E-state index contributed by atoms with van der Waals surface area (Å²) in [4.78, 5) is 16.7. The maximum absolute atomic E-state index is 11.9. The van der Waals surface area contributed by atoms with Gasteiger partial charge in [-0.05, 0) is 30.7 Å². The number of ether oxygens (including phenoxy) is 2. The van der Waals surface area contributed by atoms with E-state index in [9.17, 15) is 4.79 Å². The molecule has 8 heteroatoms. The Bertz CT molecular complexity index is 994. The van der Waals surface area contributed by atoms with Gasteiger partial charge in [-0.2, -0.15) is 9.61 Å². The zero-order valence-electron chi connectivity index (χ0n) is 13.2. The lowest BCUT2D eigenvalue weighted by atomic mass is 10.2. The average Bonchev–Trinajstić information content (AvgIpc) is 2.99. The number of hydrogen-bond donors (Lipinski definition) is 0. The third-order valence-electron chi connectivity index (χ3n) is 3.28. The number of benzene rings is 1. The summed E-state index contributed by atoms with van der Waals surface area (Å²) in [6, 6.07) is 6.89. The Hall–Kier alpha value is -2.38. The van der Waals surface area contributed by atoms with Gasteiger partial charge in [0.2, 0.25) is 4.96 Å². The molecule has 0 fully saturated rings. The summed E-state index contributed by atoms with van der Waals surface area (Å²) in [5.74, 6) is 1.24. The first-order valence-corrected chi connectivity index (χ1v) is 8.18. The lowest BCUT2D eigenvalue weighted by molar-refractivity contribution is 0.355. The molecule has 0 atom stereocenters. The van der Waals surface area contributed by atoms with Gasteiger partial charge in [-0.25, -0.2) is 4.98 Å². The van der Waals surface area contributed by atoms with E-state index >= 15 is 0 Å². The molecule has 3 aromatic rings. The second-order valence-electron chi connectivity index (χ2n) is 4.94. The first-order valence-electron chi connectivity index (χ1n) is 6.99. The van der Waals surface area contributed by atoms with Crippen molar-refractivity contribution in [2.24, 2.45) is 0 Å². The molecule has 0 aliphatic heterocycles. The van der Waals surface area contributed by atoms with Crippen LogP contribution in [0.4, 0.5) is 0 Å². The van der Waals surface area contributed by atoms with Gasteiger partial charge in [-0.3, -0.25) is 4.79 Å². The van der Waals surface area contributed by atoms with Crippen LogP contribution in [0.3, 0.4) is 0 Å². The van der Waals surface area contributed by atoms with Crippen molar-refractivity contribution in [3.8, 4) is 11.5 Å². The molecule has 0 bridgehead atoms. The SMILES string of the molecule is COc1ccc(/C=C(\Cl)c2nn3c(=O)cc(C)nc3s2)cc1OC. The van der Waals surface area contributed by atoms with E-state index in [-0.39, 0.29) is 5.56 Å². The van der Waals surface area contributed by atoms with Crippen LogP contribution in [0.25, 0.3) is 16.1 Å². The predicted octanol–water partition coefficient (Wildman–Crippen LogP) is 3.21. The van der Waals surface area contributed by atoms with E-state index in [1.54, 1.807) is 33.3 Å². The van der Waals surface area contributed by atoms with Crippen molar-refractivity contribution in [1.29, 1.82) is 0 Å². The molecule has 0 spiro atoms. The Labute approximate surface area is 146 Å². The van der Waals surface area contributed by atoms with Crippen LogP contribution in [0.15, 0.2) is 29.1 Å². The zero-order valence-corrected chi connectivity index (χ0v) is 14.8. The minimum absolute atomic E-state index is 0.226. The molecular formula is C16H14ClN3O3S. The number of aryl methyl sites for hydroxylation is 1. The summed E-state index contributed by atoms with van der Waals surface area (Å²) >= 11 is 7.62. The van der Waals surface area contributed by atoms with E-state index in [0.29, 0.717) is 32.2 Å². The highest BCUT2D eigenvalue weighted by Gasteiger charge is 2.11. The first kappa shape index (κ1) is 16.5. The Morgan fingerprint density at radius 2 is 2.00 bits per heavy atom. The van der Waals surface area contributed by atoms with Gasteiger partial charge in [0.15, 0.2) is 16.5 Å². The molecule has 0 saturated heterocycles. The van der Waals surface area contributed by atoms with Crippen molar-refractivity contribution in [3.05, 3.63) is 50.9 Å². The molecule has 2 aromatic heterocycles. The van der Waals surface area contributed by atoms with Crippen LogP contribution in [-0.2, 0) is 0 Å². The number of rotatable bonds is 4. The molecule has 1 aromatic carbocycles. The van der Waals surface area contributed by atoms with Crippen LogP contribution in [0, 0.1) is 6.92 Å². The number of halogens is 1. The maximum Gasteiger partial charge on any atom is 0.275 e. The summed E-state index contributed by atoms with van der Waals surface area (Å²) in [5, 5.41) is 5.16. The highest BCUT2D eigenvalue weighted by Crippen LogP contribution is 2.31. The highest BCUT2D eigenvalue weighted by molar-refractivity contribution is 7.18. The molecule has 0 N–H and O–H groups in total. The Morgan fingerprint density at radius 3 is 2.71 bits per heavy atom. The molecule has 3 rings (SSSR count). The molecule has 6 nitrogen and oxygen atoms in total.